The lowest BCUT2D eigenvalue weighted by Gasteiger charge is -2.20. The van der Waals surface area contributed by atoms with E-state index in [0.717, 1.165) is 0 Å². The molecule has 0 fully saturated rings. The molecule has 0 heterocycles. The SMILES string of the molecule is COc1ccc(NC(=O)c2cccc(S(=O)(=O)NC(C)(C)C)c2)cc1Cl. The van der Waals surface area contributed by atoms with E-state index in [1.807, 2.05) is 0 Å². The lowest BCUT2D eigenvalue weighted by Crippen LogP contribution is -2.40. The number of halogens is 1. The van der Waals surface area contributed by atoms with E-state index in [-0.39, 0.29) is 10.5 Å². The highest BCUT2D eigenvalue weighted by molar-refractivity contribution is 7.89. The maximum Gasteiger partial charge on any atom is 0.255 e. The second-order valence-electron chi connectivity index (χ2n) is 6.69. The lowest BCUT2D eigenvalue weighted by molar-refractivity contribution is 0.102. The molecule has 0 saturated carbocycles. The number of anilines is 1. The van der Waals surface area contributed by atoms with Crippen molar-refractivity contribution in [1.29, 1.82) is 0 Å². The van der Waals surface area contributed by atoms with Gasteiger partial charge in [0.25, 0.3) is 5.91 Å². The van der Waals surface area contributed by atoms with E-state index >= 15 is 0 Å². The summed E-state index contributed by atoms with van der Waals surface area (Å²) in [5.74, 6) is 0.0463. The van der Waals surface area contributed by atoms with E-state index in [0.29, 0.717) is 16.5 Å². The van der Waals surface area contributed by atoms with Crippen LogP contribution in [0.3, 0.4) is 0 Å². The molecule has 6 nitrogen and oxygen atoms in total. The Morgan fingerprint density at radius 1 is 1.12 bits per heavy atom. The van der Waals surface area contributed by atoms with Gasteiger partial charge in [-0.1, -0.05) is 17.7 Å². The van der Waals surface area contributed by atoms with Crippen molar-refractivity contribution in [3.8, 4) is 5.75 Å². The first-order valence-corrected chi connectivity index (χ1v) is 9.67. The molecule has 0 aliphatic carbocycles. The normalized spacial score (nSPS) is 11.9. The molecule has 0 unspecified atom stereocenters. The molecule has 2 aromatic rings. The quantitative estimate of drug-likeness (QED) is 0.807. The second-order valence-corrected chi connectivity index (χ2v) is 8.78. The summed E-state index contributed by atoms with van der Waals surface area (Å²) in [6.45, 7) is 5.23. The van der Waals surface area contributed by atoms with E-state index in [9.17, 15) is 13.2 Å². The van der Waals surface area contributed by atoms with Crippen LogP contribution >= 0.6 is 11.6 Å². The number of carbonyl (C=O) groups excluding carboxylic acids is 1. The van der Waals surface area contributed by atoms with Crippen molar-refractivity contribution in [2.45, 2.75) is 31.2 Å². The number of hydrogen-bond donors (Lipinski definition) is 2. The average Bonchev–Trinajstić information content (AvgIpc) is 2.53. The smallest absolute Gasteiger partial charge is 0.255 e. The highest BCUT2D eigenvalue weighted by atomic mass is 35.5. The second kappa shape index (κ2) is 7.65. The third kappa shape index (κ3) is 5.20. The zero-order valence-corrected chi connectivity index (χ0v) is 16.5. The Kier molecular flexibility index (Phi) is 5.95. The molecule has 8 heteroatoms. The van der Waals surface area contributed by atoms with Gasteiger partial charge in [0, 0.05) is 16.8 Å². The van der Waals surface area contributed by atoms with Crippen molar-refractivity contribution in [2.75, 3.05) is 12.4 Å². The number of nitrogens with one attached hydrogen (secondary N) is 2. The van der Waals surface area contributed by atoms with Crippen LogP contribution in [-0.2, 0) is 10.0 Å². The van der Waals surface area contributed by atoms with Crippen LogP contribution in [0, 0.1) is 0 Å². The molecule has 0 aliphatic rings. The van der Waals surface area contributed by atoms with Crippen LogP contribution in [0.1, 0.15) is 31.1 Å². The number of rotatable bonds is 5. The van der Waals surface area contributed by atoms with Gasteiger partial charge in [-0.2, -0.15) is 0 Å². The van der Waals surface area contributed by atoms with Gasteiger partial charge in [0.2, 0.25) is 10.0 Å². The van der Waals surface area contributed by atoms with Crippen molar-refractivity contribution in [2.24, 2.45) is 0 Å². The molecule has 0 atom stereocenters. The van der Waals surface area contributed by atoms with E-state index in [1.165, 1.54) is 31.4 Å². The van der Waals surface area contributed by atoms with Crippen molar-refractivity contribution in [3.63, 3.8) is 0 Å². The van der Waals surface area contributed by atoms with Crippen molar-refractivity contribution in [1.82, 2.24) is 4.72 Å². The Hall–Kier alpha value is -2.09. The molecule has 2 aromatic carbocycles. The van der Waals surface area contributed by atoms with E-state index in [1.54, 1.807) is 39.0 Å². The molecular formula is C18H21ClN2O4S. The third-order valence-electron chi connectivity index (χ3n) is 3.26. The standard InChI is InChI=1S/C18H21ClN2O4S/c1-18(2,3)21-26(23,24)14-7-5-6-12(10-14)17(22)20-13-8-9-16(25-4)15(19)11-13/h5-11,21H,1-4H3,(H,20,22). The van der Waals surface area contributed by atoms with Gasteiger partial charge in [-0.05, 0) is 57.2 Å². The number of hydrogen-bond acceptors (Lipinski definition) is 4. The predicted molar refractivity (Wildman–Crippen MR) is 102 cm³/mol. The number of benzene rings is 2. The highest BCUT2D eigenvalue weighted by Gasteiger charge is 2.22. The molecule has 26 heavy (non-hydrogen) atoms. The van der Waals surface area contributed by atoms with Gasteiger partial charge in [-0.25, -0.2) is 13.1 Å². The van der Waals surface area contributed by atoms with Gasteiger partial charge in [-0.15, -0.1) is 0 Å². The number of amides is 1. The first kappa shape index (κ1) is 20.2. The largest absolute Gasteiger partial charge is 0.495 e. The Bertz CT molecular complexity index is 921. The molecular weight excluding hydrogens is 376 g/mol. The Labute approximate surface area is 158 Å². The van der Waals surface area contributed by atoms with Gasteiger partial charge in [0.05, 0.1) is 17.0 Å². The summed E-state index contributed by atoms with van der Waals surface area (Å²) in [5.41, 5.74) is 0.0623. The summed E-state index contributed by atoms with van der Waals surface area (Å²) in [4.78, 5) is 12.5. The van der Waals surface area contributed by atoms with Crippen LogP contribution in [0.5, 0.6) is 5.75 Å². The van der Waals surface area contributed by atoms with Crippen LogP contribution < -0.4 is 14.8 Å². The lowest BCUT2D eigenvalue weighted by atomic mass is 10.1. The molecule has 0 spiro atoms. The van der Waals surface area contributed by atoms with Crippen molar-refractivity contribution < 1.29 is 17.9 Å². The molecule has 0 aromatic heterocycles. The number of methoxy groups -OCH3 is 1. The molecule has 0 aliphatic heterocycles. The highest BCUT2D eigenvalue weighted by Crippen LogP contribution is 2.27. The molecule has 2 rings (SSSR count). The van der Waals surface area contributed by atoms with Crippen LogP contribution in [-0.4, -0.2) is 27.0 Å². The summed E-state index contributed by atoms with van der Waals surface area (Å²) >= 11 is 6.04. The molecule has 2 N–H and O–H groups in total. The van der Waals surface area contributed by atoms with Crippen molar-refractivity contribution in [3.05, 3.63) is 53.1 Å². The zero-order valence-electron chi connectivity index (χ0n) is 15.0. The maximum atomic E-state index is 12.4. The van der Waals surface area contributed by atoms with Gasteiger partial charge in [0.15, 0.2) is 0 Å². The summed E-state index contributed by atoms with van der Waals surface area (Å²) < 4.78 is 32.5. The Morgan fingerprint density at radius 2 is 1.81 bits per heavy atom. The number of sulfonamides is 1. The fourth-order valence-corrected chi connectivity index (χ4v) is 3.94. The average molecular weight is 397 g/mol. The monoisotopic (exact) mass is 396 g/mol. The summed E-state index contributed by atoms with van der Waals surface area (Å²) in [6.07, 6.45) is 0. The van der Waals surface area contributed by atoms with Crippen LogP contribution in [0.2, 0.25) is 5.02 Å². The third-order valence-corrected chi connectivity index (χ3v) is 5.31. The van der Waals surface area contributed by atoms with Crippen LogP contribution in [0.25, 0.3) is 0 Å². The van der Waals surface area contributed by atoms with E-state index in [2.05, 4.69) is 10.0 Å². The number of carbonyl (C=O) groups is 1. The fourth-order valence-electron chi connectivity index (χ4n) is 2.21. The van der Waals surface area contributed by atoms with Gasteiger partial charge in [0.1, 0.15) is 5.75 Å². The molecule has 0 bridgehead atoms. The van der Waals surface area contributed by atoms with E-state index in [4.69, 9.17) is 16.3 Å². The van der Waals surface area contributed by atoms with Crippen molar-refractivity contribution >= 4 is 33.2 Å². The van der Waals surface area contributed by atoms with Gasteiger partial charge in [-0.3, -0.25) is 4.79 Å². The van der Waals surface area contributed by atoms with Gasteiger partial charge >= 0.3 is 0 Å². The molecule has 140 valence electrons. The first-order valence-electron chi connectivity index (χ1n) is 7.81. The fraction of sp³-hybridized carbons (Fsp3) is 0.278. The Balaban J connectivity index is 2.24. The Morgan fingerprint density at radius 3 is 2.38 bits per heavy atom. The summed E-state index contributed by atoms with van der Waals surface area (Å²) in [7, 11) is -2.23. The zero-order chi connectivity index (χ0) is 19.5. The summed E-state index contributed by atoms with van der Waals surface area (Å²) in [5, 5.41) is 3.04. The number of ether oxygens (including phenoxy) is 1. The minimum atomic E-state index is -3.73. The van der Waals surface area contributed by atoms with Crippen LogP contribution in [0.4, 0.5) is 5.69 Å². The molecule has 0 radical (unpaired) electrons. The molecule has 1 amide bonds. The predicted octanol–water partition coefficient (Wildman–Crippen LogP) is 3.68. The topological polar surface area (TPSA) is 84.5 Å². The van der Waals surface area contributed by atoms with Gasteiger partial charge < -0.3 is 10.1 Å². The maximum absolute atomic E-state index is 12.4. The minimum absolute atomic E-state index is 0.0211. The minimum Gasteiger partial charge on any atom is -0.495 e. The molecule has 0 saturated heterocycles. The van der Waals surface area contributed by atoms with Crippen LogP contribution in [0.15, 0.2) is 47.4 Å². The first-order chi connectivity index (χ1) is 12.0. The summed E-state index contributed by atoms with van der Waals surface area (Å²) in [6, 6.07) is 10.7. The van der Waals surface area contributed by atoms with E-state index < -0.39 is 21.5 Å².